The zero-order valence-electron chi connectivity index (χ0n) is 5.80. The molecule has 0 aromatic carbocycles. The molecule has 0 atom stereocenters. The monoisotopic (exact) mass is 133 g/mol. The van der Waals surface area contributed by atoms with Crippen molar-refractivity contribution >= 4 is 6.08 Å². The van der Waals surface area contributed by atoms with Crippen molar-refractivity contribution in [2.45, 2.75) is 13.2 Å². The minimum Gasteiger partial charge on any atom is -0.356 e. The van der Waals surface area contributed by atoms with Crippen molar-refractivity contribution in [2.75, 3.05) is 14.2 Å². The average Bonchev–Trinajstić information content (AvgIpc) is 1.88. The minimum absolute atomic E-state index is 0.0648. The quantitative estimate of drug-likeness (QED) is 0.339. The molecule has 0 aliphatic rings. The van der Waals surface area contributed by atoms with Crippen LogP contribution in [-0.4, -0.2) is 26.6 Å². The van der Waals surface area contributed by atoms with Crippen LogP contribution in [0.2, 0.25) is 0 Å². The van der Waals surface area contributed by atoms with Gasteiger partial charge in [0.15, 0.2) is 6.29 Å². The van der Waals surface area contributed by atoms with Crippen LogP contribution in [0.3, 0.4) is 0 Å². The number of ether oxygens (including phenoxy) is 2. The Kier molecular flexibility index (Phi) is 12.8. The third-order valence-corrected chi connectivity index (χ3v) is 0.664. The summed E-state index contributed by atoms with van der Waals surface area (Å²) in [5.41, 5.74) is 0. The topological polar surface area (TPSA) is 59.4 Å². The number of hydrogen-bond acceptors (Lipinski definition) is 4. The lowest BCUT2D eigenvalue weighted by atomic mass is 10.8. The van der Waals surface area contributed by atoms with Gasteiger partial charge in [-0.3, -0.25) is 0 Å². The number of isocyanates is 1. The van der Waals surface area contributed by atoms with Gasteiger partial charge < -0.3 is 9.47 Å². The number of hydrogen-bond donors (Lipinski definition) is 1. The lowest BCUT2D eigenvalue weighted by molar-refractivity contribution is -0.0877. The van der Waals surface area contributed by atoms with E-state index in [0.717, 1.165) is 6.08 Å². The first kappa shape index (κ1) is 11.1. The first-order chi connectivity index (χ1) is 4.22. The van der Waals surface area contributed by atoms with Crippen molar-refractivity contribution in [1.29, 1.82) is 5.41 Å². The highest BCUT2D eigenvalue weighted by molar-refractivity contribution is 5.26. The van der Waals surface area contributed by atoms with Gasteiger partial charge in [0.05, 0.1) is 0 Å². The molecule has 0 aliphatic carbocycles. The Morgan fingerprint density at radius 1 is 1.44 bits per heavy atom. The van der Waals surface area contributed by atoms with Gasteiger partial charge in [0, 0.05) is 14.2 Å². The summed E-state index contributed by atoms with van der Waals surface area (Å²) in [6.45, 7) is 1.83. The smallest absolute Gasteiger partial charge is 0.231 e. The Hall–Kier alpha value is -0.700. The SMILES string of the molecule is COC(C)OC.N=C=O. The lowest BCUT2D eigenvalue weighted by Crippen LogP contribution is -2.05. The number of rotatable bonds is 2. The van der Waals surface area contributed by atoms with E-state index in [9.17, 15) is 0 Å². The van der Waals surface area contributed by atoms with E-state index >= 15 is 0 Å². The van der Waals surface area contributed by atoms with Gasteiger partial charge in [-0.05, 0) is 6.92 Å². The summed E-state index contributed by atoms with van der Waals surface area (Å²) in [7, 11) is 3.21. The second-order valence-corrected chi connectivity index (χ2v) is 1.14. The van der Waals surface area contributed by atoms with E-state index in [1.54, 1.807) is 14.2 Å². The molecule has 0 aromatic heterocycles. The fraction of sp³-hybridized carbons (Fsp3) is 0.800. The maximum atomic E-state index is 8.35. The van der Waals surface area contributed by atoms with Gasteiger partial charge in [-0.15, -0.1) is 0 Å². The third-order valence-electron chi connectivity index (χ3n) is 0.664. The molecule has 0 aromatic rings. The molecule has 0 spiro atoms. The molecule has 0 amide bonds. The van der Waals surface area contributed by atoms with Crippen molar-refractivity contribution in [3.8, 4) is 0 Å². The molecule has 0 aliphatic heterocycles. The Morgan fingerprint density at radius 3 is 1.67 bits per heavy atom. The molecule has 0 unspecified atom stereocenters. The van der Waals surface area contributed by atoms with Crippen molar-refractivity contribution in [3.63, 3.8) is 0 Å². The van der Waals surface area contributed by atoms with Crippen LogP contribution in [0.1, 0.15) is 6.92 Å². The van der Waals surface area contributed by atoms with Crippen LogP contribution in [-0.2, 0) is 14.3 Å². The fourth-order valence-corrected chi connectivity index (χ4v) is 0.0962. The van der Waals surface area contributed by atoms with Crippen LogP contribution >= 0.6 is 0 Å². The first-order valence-electron chi connectivity index (χ1n) is 2.32. The van der Waals surface area contributed by atoms with Crippen molar-refractivity contribution in [1.82, 2.24) is 0 Å². The summed E-state index contributed by atoms with van der Waals surface area (Å²) in [6, 6.07) is 0. The molecule has 0 heterocycles. The number of methoxy groups -OCH3 is 2. The highest BCUT2D eigenvalue weighted by atomic mass is 16.7. The van der Waals surface area contributed by atoms with Gasteiger partial charge in [-0.1, -0.05) is 0 Å². The first-order valence-corrected chi connectivity index (χ1v) is 2.32. The summed E-state index contributed by atoms with van der Waals surface area (Å²) < 4.78 is 9.35. The van der Waals surface area contributed by atoms with Crippen LogP contribution in [0, 0.1) is 5.41 Å². The molecule has 0 saturated heterocycles. The Labute approximate surface area is 54.3 Å². The molecule has 0 radical (unpaired) electrons. The Balaban J connectivity index is 0. The maximum Gasteiger partial charge on any atom is 0.231 e. The normalized spacial score (nSPS) is 7.56. The Bertz CT molecular complexity index is 74.3. The summed E-state index contributed by atoms with van der Waals surface area (Å²) >= 11 is 0. The van der Waals surface area contributed by atoms with E-state index in [1.165, 1.54) is 0 Å². The van der Waals surface area contributed by atoms with Crippen molar-refractivity contribution in [3.05, 3.63) is 0 Å². The summed E-state index contributed by atoms with van der Waals surface area (Å²) in [5, 5.41) is 5.40. The highest BCUT2D eigenvalue weighted by Gasteiger charge is 1.87. The fourth-order valence-electron chi connectivity index (χ4n) is 0.0962. The second kappa shape index (κ2) is 10.3. The van der Waals surface area contributed by atoms with E-state index < -0.39 is 0 Å². The molecule has 0 rings (SSSR count). The molecule has 0 bridgehead atoms. The molecule has 9 heavy (non-hydrogen) atoms. The van der Waals surface area contributed by atoms with E-state index in [0.29, 0.717) is 0 Å². The Morgan fingerprint density at radius 2 is 1.67 bits per heavy atom. The molecule has 1 N–H and O–H groups in total. The third kappa shape index (κ3) is 18.8. The molecular weight excluding hydrogens is 122 g/mol. The van der Waals surface area contributed by atoms with Crippen molar-refractivity contribution in [2.24, 2.45) is 0 Å². The van der Waals surface area contributed by atoms with Crippen LogP contribution in [0.5, 0.6) is 0 Å². The van der Waals surface area contributed by atoms with Gasteiger partial charge in [-0.25, -0.2) is 10.2 Å². The van der Waals surface area contributed by atoms with Crippen molar-refractivity contribution < 1.29 is 14.3 Å². The lowest BCUT2D eigenvalue weighted by Gasteiger charge is -2.03. The van der Waals surface area contributed by atoms with Crippen LogP contribution < -0.4 is 0 Å². The summed E-state index contributed by atoms with van der Waals surface area (Å²) in [6.07, 6.45) is 0.685. The highest BCUT2D eigenvalue weighted by Crippen LogP contribution is 1.82. The van der Waals surface area contributed by atoms with Gasteiger partial charge in [0.25, 0.3) is 0 Å². The predicted octanol–water partition coefficient (Wildman–Crippen LogP) is 0.526. The molecule has 4 nitrogen and oxygen atoms in total. The molecule has 0 fully saturated rings. The van der Waals surface area contributed by atoms with Gasteiger partial charge in [0.1, 0.15) is 0 Å². The zero-order valence-corrected chi connectivity index (χ0v) is 5.80. The molecule has 54 valence electrons. The molecule has 4 heteroatoms. The average molecular weight is 133 g/mol. The number of nitrogens with one attached hydrogen (secondary N) is 1. The molecular formula is C5H11NO3. The summed E-state index contributed by atoms with van der Waals surface area (Å²) in [4.78, 5) is 8.35. The van der Waals surface area contributed by atoms with E-state index in [-0.39, 0.29) is 6.29 Å². The largest absolute Gasteiger partial charge is 0.356 e. The van der Waals surface area contributed by atoms with Gasteiger partial charge in [-0.2, -0.15) is 0 Å². The standard InChI is InChI=1S/C4H10O2.CHNO/c1-4(5-2)6-3;2-1-3/h4H,1-3H3;2H. The van der Waals surface area contributed by atoms with E-state index in [2.05, 4.69) is 9.47 Å². The summed E-state index contributed by atoms with van der Waals surface area (Å²) in [5.74, 6) is 0. The number of carbonyl (C=O) groups excluding carboxylic acids is 1. The molecule has 0 saturated carbocycles. The van der Waals surface area contributed by atoms with Crippen LogP contribution in [0.4, 0.5) is 0 Å². The van der Waals surface area contributed by atoms with Gasteiger partial charge >= 0.3 is 0 Å². The maximum absolute atomic E-state index is 8.35. The zero-order chi connectivity index (χ0) is 7.70. The van der Waals surface area contributed by atoms with E-state index in [4.69, 9.17) is 10.2 Å². The minimum atomic E-state index is -0.0648. The van der Waals surface area contributed by atoms with Gasteiger partial charge in [0.2, 0.25) is 6.08 Å². The van der Waals surface area contributed by atoms with E-state index in [1.807, 2.05) is 6.92 Å². The second-order valence-electron chi connectivity index (χ2n) is 1.14. The predicted molar refractivity (Wildman–Crippen MR) is 31.9 cm³/mol. The van der Waals surface area contributed by atoms with Crippen LogP contribution in [0.25, 0.3) is 0 Å². The van der Waals surface area contributed by atoms with Crippen LogP contribution in [0.15, 0.2) is 0 Å².